The topological polar surface area (TPSA) is 82.8 Å². The van der Waals surface area contributed by atoms with Crippen molar-refractivity contribution in [2.24, 2.45) is 0 Å². The number of fused-ring (bicyclic) bond motifs is 1. The SMILES string of the molecule is CCOC(=O)C(CC)(C(=O)OCC)c1c(Cl)c(=O)oc2ccc(Cl)cc12. The number of halogens is 2. The largest absolute Gasteiger partial charge is 0.465 e. The van der Waals surface area contributed by atoms with Gasteiger partial charge in [0, 0.05) is 16.0 Å². The van der Waals surface area contributed by atoms with Gasteiger partial charge in [0.05, 0.1) is 13.2 Å². The number of carbonyl (C=O) groups is 2. The van der Waals surface area contributed by atoms with Crippen LogP contribution in [-0.2, 0) is 24.5 Å². The van der Waals surface area contributed by atoms with Crippen molar-refractivity contribution in [3.05, 3.63) is 44.2 Å². The summed E-state index contributed by atoms with van der Waals surface area (Å²) in [4.78, 5) is 37.9. The lowest BCUT2D eigenvalue weighted by molar-refractivity contribution is -0.165. The molecule has 0 radical (unpaired) electrons. The Hall–Kier alpha value is -2.05. The normalized spacial score (nSPS) is 11.4. The Morgan fingerprint density at radius 2 is 1.65 bits per heavy atom. The monoisotopic (exact) mass is 400 g/mol. The van der Waals surface area contributed by atoms with E-state index in [1.54, 1.807) is 20.8 Å². The third kappa shape index (κ3) is 3.31. The van der Waals surface area contributed by atoms with Crippen molar-refractivity contribution >= 4 is 46.1 Å². The number of rotatable bonds is 6. The predicted molar refractivity (Wildman–Crippen MR) is 97.7 cm³/mol. The number of hydrogen-bond acceptors (Lipinski definition) is 6. The number of hydrogen-bond donors (Lipinski definition) is 0. The number of esters is 2. The number of carbonyl (C=O) groups excluding carboxylic acids is 2. The van der Waals surface area contributed by atoms with Crippen LogP contribution in [0.5, 0.6) is 0 Å². The van der Waals surface area contributed by atoms with Gasteiger partial charge in [0.1, 0.15) is 10.6 Å². The fourth-order valence-corrected chi connectivity index (χ4v) is 3.30. The molecular weight excluding hydrogens is 383 g/mol. The Bertz CT molecular complexity index is 884. The Morgan fingerprint density at radius 3 is 2.15 bits per heavy atom. The highest BCUT2D eigenvalue weighted by atomic mass is 35.5. The van der Waals surface area contributed by atoms with E-state index in [9.17, 15) is 14.4 Å². The molecule has 0 bridgehead atoms. The first-order chi connectivity index (χ1) is 12.3. The van der Waals surface area contributed by atoms with Gasteiger partial charge in [-0.2, -0.15) is 0 Å². The van der Waals surface area contributed by atoms with Gasteiger partial charge in [-0.3, -0.25) is 9.59 Å². The molecule has 8 heteroatoms. The van der Waals surface area contributed by atoms with Crippen molar-refractivity contribution < 1.29 is 23.5 Å². The average Bonchev–Trinajstić information content (AvgIpc) is 2.60. The zero-order chi connectivity index (χ0) is 19.5. The lowest BCUT2D eigenvalue weighted by Crippen LogP contribution is -2.46. The second kappa shape index (κ2) is 8.10. The smallest absolute Gasteiger partial charge is 0.355 e. The van der Waals surface area contributed by atoms with Crippen LogP contribution in [0.15, 0.2) is 27.4 Å². The van der Waals surface area contributed by atoms with Crippen LogP contribution in [0.1, 0.15) is 32.8 Å². The minimum Gasteiger partial charge on any atom is -0.465 e. The zero-order valence-electron chi connectivity index (χ0n) is 14.6. The van der Waals surface area contributed by atoms with Gasteiger partial charge >= 0.3 is 17.6 Å². The Morgan fingerprint density at radius 1 is 1.08 bits per heavy atom. The van der Waals surface area contributed by atoms with Gasteiger partial charge in [0.2, 0.25) is 0 Å². The molecule has 1 aromatic heterocycles. The molecule has 2 aromatic rings. The van der Waals surface area contributed by atoms with Gasteiger partial charge in [-0.15, -0.1) is 0 Å². The Kier molecular flexibility index (Phi) is 6.31. The van der Waals surface area contributed by atoms with Crippen LogP contribution in [0.2, 0.25) is 10.0 Å². The molecule has 0 spiro atoms. The van der Waals surface area contributed by atoms with E-state index >= 15 is 0 Å². The second-order valence-corrected chi connectivity index (χ2v) is 6.23. The summed E-state index contributed by atoms with van der Waals surface area (Å²) in [6.45, 7) is 4.91. The summed E-state index contributed by atoms with van der Waals surface area (Å²) in [6, 6.07) is 4.46. The van der Waals surface area contributed by atoms with E-state index < -0.39 is 23.0 Å². The maximum Gasteiger partial charge on any atom is 0.355 e. The average molecular weight is 401 g/mol. The zero-order valence-corrected chi connectivity index (χ0v) is 16.1. The van der Waals surface area contributed by atoms with Crippen molar-refractivity contribution in [2.75, 3.05) is 13.2 Å². The van der Waals surface area contributed by atoms with Crippen molar-refractivity contribution in [3.63, 3.8) is 0 Å². The highest BCUT2D eigenvalue weighted by Gasteiger charge is 2.52. The van der Waals surface area contributed by atoms with Gasteiger partial charge in [0.15, 0.2) is 5.41 Å². The molecule has 140 valence electrons. The first-order valence-corrected chi connectivity index (χ1v) is 8.85. The summed E-state index contributed by atoms with van der Waals surface area (Å²) in [5.41, 5.74) is -2.66. The quantitative estimate of drug-likeness (QED) is 0.415. The summed E-state index contributed by atoms with van der Waals surface area (Å²) in [6.07, 6.45) is -0.0323. The summed E-state index contributed by atoms with van der Waals surface area (Å²) >= 11 is 12.3. The van der Waals surface area contributed by atoms with Crippen molar-refractivity contribution in [1.29, 1.82) is 0 Å². The molecule has 0 amide bonds. The first kappa shape index (κ1) is 20.3. The first-order valence-electron chi connectivity index (χ1n) is 8.10. The van der Waals surface area contributed by atoms with Gasteiger partial charge in [0.25, 0.3) is 0 Å². The van der Waals surface area contributed by atoms with E-state index in [2.05, 4.69) is 0 Å². The maximum absolute atomic E-state index is 12.9. The van der Waals surface area contributed by atoms with Crippen LogP contribution in [0.25, 0.3) is 11.0 Å². The van der Waals surface area contributed by atoms with Gasteiger partial charge < -0.3 is 13.9 Å². The third-order valence-corrected chi connectivity index (χ3v) is 4.60. The van der Waals surface area contributed by atoms with Crippen LogP contribution in [0.4, 0.5) is 0 Å². The minimum atomic E-state index is -1.91. The van der Waals surface area contributed by atoms with Gasteiger partial charge in [-0.25, -0.2) is 4.79 Å². The summed E-state index contributed by atoms with van der Waals surface area (Å²) in [5, 5.41) is 0.203. The summed E-state index contributed by atoms with van der Waals surface area (Å²) in [7, 11) is 0. The highest BCUT2D eigenvalue weighted by Crippen LogP contribution is 2.40. The van der Waals surface area contributed by atoms with Gasteiger partial charge in [-0.05, 0) is 38.5 Å². The van der Waals surface area contributed by atoms with Crippen LogP contribution in [0, 0.1) is 0 Å². The molecule has 1 aromatic carbocycles. The molecular formula is C18H18Cl2O6. The highest BCUT2D eigenvalue weighted by molar-refractivity contribution is 6.34. The lowest BCUT2D eigenvalue weighted by atomic mass is 9.76. The van der Waals surface area contributed by atoms with Crippen molar-refractivity contribution in [1.82, 2.24) is 0 Å². The third-order valence-electron chi connectivity index (χ3n) is 4.02. The fraction of sp³-hybridized carbons (Fsp3) is 0.389. The number of benzene rings is 1. The molecule has 6 nitrogen and oxygen atoms in total. The van der Waals surface area contributed by atoms with Crippen LogP contribution in [-0.4, -0.2) is 25.2 Å². The molecule has 26 heavy (non-hydrogen) atoms. The molecule has 0 N–H and O–H groups in total. The molecule has 0 atom stereocenters. The van der Waals surface area contributed by atoms with E-state index in [1.807, 2.05) is 0 Å². The fourth-order valence-electron chi connectivity index (χ4n) is 2.83. The van der Waals surface area contributed by atoms with Crippen molar-refractivity contribution in [3.8, 4) is 0 Å². The van der Waals surface area contributed by atoms with Crippen LogP contribution in [0.3, 0.4) is 0 Å². The molecule has 0 aliphatic carbocycles. The molecule has 0 aliphatic heterocycles. The lowest BCUT2D eigenvalue weighted by Gasteiger charge is -2.29. The summed E-state index contributed by atoms with van der Waals surface area (Å²) in [5.74, 6) is -1.70. The predicted octanol–water partition coefficient (Wildman–Crippen LogP) is 3.87. The molecule has 0 saturated heterocycles. The summed E-state index contributed by atoms with van der Waals surface area (Å²) < 4.78 is 15.4. The van der Waals surface area contributed by atoms with Crippen LogP contribution >= 0.6 is 23.2 Å². The van der Waals surface area contributed by atoms with Crippen LogP contribution < -0.4 is 5.63 Å². The molecule has 0 fully saturated rings. The van der Waals surface area contributed by atoms with E-state index in [4.69, 9.17) is 37.1 Å². The second-order valence-electron chi connectivity index (χ2n) is 5.42. The standard InChI is InChI=1S/C18H18Cl2O6/c1-4-18(16(22)24-5-2,17(23)25-6-3)13-11-9-10(19)7-8-12(11)26-15(21)14(13)20/h7-9H,4-6H2,1-3H3. The van der Waals surface area contributed by atoms with E-state index in [0.29, 0.717) is 5.02 Å². The van der Waals surface area contributed by atoms with E-state index in [0.717, 1.165) is 0 Å². The van der Waals surface area contributed by atoms with Gasteiger partial charge in [-0.1, -0.05) is 30.1 Å². The minimum absolute atomic E-state index is 0.0210. The Balaban J connectivity index is 2.98. The maximum atomic E-state index is 12.9. The molecule has 2 rings (SSSR count). The molecule has 0 saturated carbocycles. The van der Waals surface area contributed by atoms with E-state index in [-0.39, 0.29) is 41.2 Å². The van der Waals surface area contributed by atoms with E-state index in [1.165, 1.54) is 18.2 Å². The number of ether oxygens (including phenoxy) is 2. The molecule has 0 aliphatic rings. The van der Waals surface area contributed by atoms with Crippen molar-refractivity contribution in [2.45, 2.75) is 32.6 Å². The molecule has 0 unspecified atom stereocenters. The Labute approximate surface area is 160 Å². The molecule has 1 heterocycles.